The van der Waals surface area contributed by atoms with Crippen molar-refractivity contribution < 1.29 is 22.7 Å². The molecule has 0 N–H and O–H groups in total. The number of ether oxygens (including phenoxy) is 1. The van der Waals surface area contributed by atoms with E-state index in [4.69, 9.17) is 13.1 Å². The summed E-state index contributed by atoms with van der Waals surface area (Å²) in [6.45, 7) is 0. The summed E-state index contributed by atoms with van der Waals surface area (Å²) in [5.74, 6) is 0.446. The molecule has 5 nitrogen and oxygen atoms in total. The number of carbonyl (C=O) groups is 2. The van der Waals surface area contributed by atoms with Crippen LogP contribution in [0, 0.1) is 0 Å². The van der Waals surface area contributed by atoms with Gasteiger partial charge in [-0.15, -0.1) is 0 Å². The van der Waals surface area contributed by atoms with E-state index in [1.807, 2.05) is 6.07 Å². The average Bonchev–Trinajstić information content (AvgIpc) is 2.39. The molecule has 20 heavy (non-hydrogen) atoms. The van der Waals surface area contributed by atoms with Gasteiger partial charge in [0.15, 0.2) is 5.78 Å². The van der Waals surface area contributed by atoms with Crippen molar-refractivity contribution in [3.8, 4) is 5.75 Å². The average molecular weight is 314 g/mol. The third kappa shape index (κ3) is 3.35. The quantitative estimate of drug-likeness (QED) is 0.591. The molecule has 1 aliphatic rings. The van der Waals surface area contributed by atoms with Crippen LogP contribution in [0.1, 0.15) is 23.2 Å². The Kier molecular flexibility index (Phi) is 5.47. The molecule has 0 fully saturated rings. The SMILES string of the molecule is COSc1cc2c(c(SOC)c1)C(=O)CC(CC=O)O2. The van der Waals surface area contributed by atoms with Crippen molar-refractivity contribution in [3.05, 3.63) is 17.7 Å². The van der Waals surface area contributed by atoms with Gasteiger partial charge in [-0.25, -0.2) is 0 Å². The Morgan fingerprint density at radius 2 is 2.10 bits per heavy atom. The first kappa shape index (κ1) is 15.4. The molecular formula is C13H14O5S2. The third-order valence-electron chi connectivity index (χ3n) is 2.74. The molecule has 0 aromatic heterocycles. The van der Waals surface area contributed by atoms with Crippen LogP contribution < -0.4 is 4.74 Å². The molecule has 0 bridgehead atoms. The fourth-order valence-corrected chi connectivity index (χ4v) is 3.24. The van der Waals surface area contributed by atoms with Gasteiger partial charge in [0.25, 0.3) is 0 Å². The van der Waals surface area contributed by atoms with Crippen LogP contribution in [0.5, 0.6) is 5.75 Å². The van der Waals surface area contributed by atoms with Gasteiger partial charge in [-0.1, -0.05) is 0 Å². The number of hydrogen-bond acceptors (Lipinski definition) is 7. The number of fused-ring (bicyclic) bond motifs is 1. The first-order valence-corrected chi connectivity index (χ1v) is 7.40. The Balaban J connectivity index is 2.41. The number of Topliss-reactive ketones (excluding diaryl/α,β-unsaturated/α-hetero) is 1. The summed E-state index contributed by atoms with van der Waals surface area (Å²) < 4.78 is 15.8. The lowest BCUT2D eigenvalue weighted by Gasteiger charge is -2.25. The lowest BCUT2D eigenvalue weighted by molar-refractivity contribution is -0.109. The van der Waals surface area contributed by atoms with Crippen molar-refractivity contribution in [1.29, 1.82) is 0 Å². The van der Waals surface area contributed by atoms with Crippen LogP contribution >= 0.6 is 24.1 Å². The molecule has 1 aliphatic heterocycles. The van der Waals surface area contributed by atoms with Gasteiger partial charge in [0.05, 0.1) is 24.7 Å². The number of aldehydes is 1. The van der Waals surface area contributed by atoms with Gasteiger partial charge in [-0.05, 0) is 12.1 Å². The van der Waals surface area contributed by atoms with Gasteiger partial charge in [0, 0.05) is 41.8 Å². The molecule has 0 aliphatic carbocycles. The zero-order valence-electron chi connectivity index (χ0n) is 11.1. The number of hydrogen-bond donors (Lipinski definition) is 0. The van der Waals surface area contributed by atoms with E-state index in [9.17, 15) is 9.59 Å². The summed E-state index contributed by atoms with van der Waals surface area (Å²) in [4.78, 5) is 24.3. The largest absolute Gasteiger partial charge is 0.489 e. The van der Waals surface area contributed by atoms with Crippen molar-refractivity contribution in [2.24, 2.45) is 0 Å². The van der Waals surface area contributed by atoms with Crippen molar-refractivity contribution >= 4 is 36.2 Å². The monoisotopic (exact) mass is 314 g/mol. The Labute approximate surface area is 125 Å². The molecule has 1 aromatic rings. The maximum atomic E-state index is 12.2. The standard InChI is InChI=1S/C13H14O5S2/c1-16-19-9-6-11-13(12(7-9)20-17-2)10(15)5-8(18-11)3-4-14/h4,6-8H,3,5H2,1-2H3. The Hall–Kier alpha value is -1.02. The van der Waals surface area contributed by atoms with Gasteiger partial charge < -0.3 is 17.9 Å². The maximum absolute atomic E-state index is 12.2. The minimum atomic E-state index is -0.393. The van der Waals surface area contributed by atoms with E-state index >= 15 is 0 Å². The zero-order valence-corrected chi connectivity index (χ0v) is 12.7. The van der Waals surface area contributed by atoms with Crippen LogP contribution in [0.3, 0.4) is 0 Å². The first-order chi connectivity index (χ1) is 9.69. The van der Waals surface area contributed by atoms with E-state index in [-0.39, 0.29) is 18.6 Å². The molecule has 1 aromatic carbocycles. The smallest absolute Gasteiger partial charge is 0.171 e. The molecule has 0 amide bonds. The third-order valence-corrected chi connectivity index (χ3v) is 4.00. The molecular weight excluding hydrogens is 300 g/mol. The van der Waals surface area contributed by atoms with E-state index < -0.39 is 6.10 Å². The van der Waals surface area contributed by atoms with E-state index in [1.54, 1.807) is 13.2 Å². The first-order valence-electron chi connectivity index (χ1n) is 5.92. The van der Waals surface area contributed by atoms with Crippen LogP contribution in [0.15, 0.2) is 21.9 Å². The molecule has 1 atom stereocenters. The van der Waals surface area contributed by atoms with Gasteiger partial charge in [0.1, 0.15) is 18.1 Å². The van der Waals surface area contributed by atoms with Crippen LogP contribution in [-0.2, 0) is 13.2 Å². The molecule has 0 spiro atoms. The molecule has 0 saturated carbocycles. The summed E-state index contributed by atoms with van der Waals surface area (Å²) in [5.41, 5.74) is 0.513. The van der Waals surface area contributed by atoms with Gasteiger partial charge in [-0.2, -0.15) is 0 Å². The second kappa shape index (κ2) is 7.12. The van der Waals surface area contributed by atoms with Gasteiger partial charge in [0.2, 0.25) is 0 Å². The van der Waals surface area contributed by atoms with Crippen LogP contribution in [0.4, 0.5) is 0 Å². The summed E-state index contributed by atoms with van der Waals surface area (Å²) in [5, 5.41) is 0. The number of carbonyl (C=O) groups excluding carboxylic acids is 2. The van der Waals surface area contributed by atoms with Crippen molar-refractivity contribution in [2.45, 2.75) is 28.7 Å². The van der Waals surface area contributed by atoms with E-state index in [0.717, 1.165) is 23.2 Å². The summed E-state index contributed by atoms with van der Waals surface area (Å²) in [6, 6.07) is 3.57. The van der Waals surface area contributed by atoms with Crippen molar-refractivity contribution in [3.63, 3.8) is 0 Å². The summed E-state index contributed by atoms with van der Waals surface area (Å²) >= 11 is 2.28. The van der Waals surface area contributed by atoms with Gasteiger partial charge in [-0.3, -0.25) is 4.79 Å². The highest BCUT2D eigenvalue weighted by Gasteiger charge is 2.29. The fourth-order valence-electron chi connectivity index (χ4n) is 2.00. The minimum Gasteiger partial charge on any atom is -0.489 e. The Bertz CT molecular complexity index is 518. The highest BCUT2D eigenvalue weighted by molar-refractivity contribution is 7.95. The highest BCUT2D eigenvalue weighted by Crippen LogP contribution is 2.39. The molecule has 0 saturated heterocycles. The van der Waals surface area contributed by atoms with Crippen molar-refractivity contribution in [2.75, 3.05) is 14.2 Å². The van der Waals surface area contributed by atoms with E-state index in [2.05, 4.69) is 0 Å². The fraction of sp³-hybridized carbons (Fsp3) is 0.385. The molecule has 1 unspecified atom stereocenters. The Morgan fingerprint density at radius 3 is 2.75 bits per heavy atom. The second-order valence-corrected chi connectivity index (χ2v) is 5.98. The molecule has 1 heterocycles. The molecule has 108 valence electrons. The number of benzene rings is 1. The minimum absolute atomic E-state index is 0.0355. The van der Waals surface area contributed by atoms with Crippen molar-refractivity contribution in [1.82, 2.24) is 0 Å². The zero-order chi connectivity index (χ0) is 14.5. The summed E-state index contributed by atoms with van der Waals surface area (Å²) in [6.07, 6.45) is 0.789. The maximum Gasteiger partial charge on any atom is 0.171 e. The molecule has 0 radical (unpaired) electrons. The van der Waals surface area contributed by atoms with Crippen LogP contribution in [0.2, 0.25) is 0 Å². The lowest BCUT2D eigenvalue weighted by Crippen LogP contribution is -2.27. The topological polar surface area (TPSA) is 61.8 Å². The van der Waals surface area contributed by atoms with E-state index in [1.165, 1.54) is 19.2 Å². The predicted molar refractivity (Wildman–Crippen MR) is 76.2 cm³/mol. The highest BCUT2D eigenvalue weighted by atomic mass is 32.2. The number of ketones is 1. The lowest BCUT2D eigenvalue weighted by atomic mass is 9.99. The predicted octanol–water partition coefficient (Wildman–Crippen LogP) is 2.92. The molecule has 2 rings (SSSR count). The van der Waals surface area contributed by atoms with Crippen LogP contribution in [-0.4, -0.2) is 32.4 Å². The van der Waals surface area contributed by atoms with E-state index in [0.29, 0.717) is 16.2 Å². The number of rotatable bonds is 6. The normalized spacial score (nSPS) is 17.5. The Morgan fingerprint density at radius 1 is 1.35 bits per heavy atom. The second-order valence-electron chi connectivity index (χ2n) is 4.06. The summed E-state index contributed by atoms with van der Waals surface area (Å²) in [7, 11) is 3.10. The van der Waals surface area contributed by atoms with Gasteiger partial charge >= 0.3 is 0 Å². The van der Waals surface area contributed by atoms with Crippen LogP contribution in [0.25, 0.3) is 0 Å². The molecule has 7 heteroatoms.